The lowest BCUT2D eigenvalue weighted by molar-refractivity contribution is 0.0951. The number of anilines is 1. The first kappa shape index (κ1) is 22.8. The van der Waals surface area contributed by atoms with Gasteiger partial charge in [0, 0.05) is 57.1 Å². The van der Waals surface area contributed by atoms with Gasteiger partial charge in [-0.05, 0) is 62.2 Å². The summed E-state index contributed by atoms with van der Waals surface area (Å²) < 4.78 is 26.7. The highest BCUT2D eigenvalue weighted by Gasteiger charge is 2.27. The molecule has 4 rings (SSSR count). The van der Waals surface area contributed by atoms with E-state index in [0.29, 0.717) is 25.2 Å². The van der Waals surface area contributed by atoms with Crippen molar-refractivity contribution in [2.75, 3.05) is 57.3 Å². The number of benzene rings is 2. The number of nitrogens with zero attached hydrogens (tertiary/aromatic N) is 3. The Labute approximate surface area is 191 Å². The molecule has 0 aliphatic carbocycles. The standard InChI is InChI=1S/C24H32N4O3S/c29-24(21-9-11-23(12-10-21)32(30,31)28-15-4-5-16-28)25-13-6-14-26-17-19-27(20-18-26)22-7-2-1-3-8-22/h1-3,7-12H,4-6,13-20H2,(H,25,29). The SMILES string of the molecule is O=C(NCCCN1CCN(c2ccccc2)CC1)c1ccc(S(=O)(=O)N2CCCC2)cc1. The van der Waals surface area contributed by atoms with E-state index in [-0.39, 0.29) is 10.8 Å². The van der Waals surface area contributed by atoms with Crippen molar-refractivity contribution in [2.24, 2.45) is 0 Å². The largest absolute Gasteiger partial charge is 0.369 e. The second-order valence-electron chi connectivity index (χ2n) is 8.41. The van der Waals surface area contributed by atoms with E-state index in [2.05, 4.69) is 39.4 Å². The van der Waals surface area contributed by atoms with Crippen LogP contribution >= 0.6 is 0 Å². The maximum Gasteiger partial charge on any atom is 0.251 e. The summed E-state index contributed by atoms with van der Waals surface area (Å²) in [4.78, 5) is 17.5. The highest BCUT2D eigenvalue weighted by atomic mass is 32.2. The van der Waals surface area contributed by atoms with Gasteiger partial charge in [0.15, 0.2) is 0 Å². The molecule has 172 valence electrons. The topological polar surface area (TPSA) is 73.0 Å². The van der Waals surface area contributed by atoms with Crippen molar-refractivity contribution < 1.29 is 13.2 Å². The van der Waals surface area contributed by atoms with Crippen molar-refractivity contribution in [1.29, 1.82) is 0 Å². The molecule has 2 saturated heterocycles. The molecule has 1 amide bonds. The van der Waals surface area contributed by atoms with Gasteiger partial charge in [0.1, 0.15) is 0 Å². The van der Waals surface area contributed by atoms with Crippen LogP contribution in [0.5, 0.6) is 0 Å². The lowest BCUT2D eigenvalue weighted by Crippen LogP contribution is -2.47. The molecule has 0 saturated carbocycles. The molecule has 2 aromatic rings. The molecule has 32 heavy (non-hydrogen) atoms. The number of amides is 1. The van der Waals surface area contributed by atoms with Crippen molar-refractivity contribution in [1.82, 2.24) is 14.5 Å². The van der Waals surface area contributed by atoms with E-state index in [9.17, 15) is 13.2 Å². The minimum Gasteiger partial charge on any atom is -0.369 e. The highest BCUT2D eigenvalue weighted by Crippen LogP contribution is 2.21. The normalized spacial score (nSPS) is 18.1. The predicted octanol–water partition coefficient (Wildman–Crippen LogP) is 2.41. The maximum atomic E-state index is 12.6. The molecule has 0 spiro atoms. The molecule has 8 heteroatoms. The number of hydrogen-bond acceptors (Lipinski definition) is 5. The summed E-state index contributed by atoms with van der Waals surface area (Å²) in [6, 6.07) is 16.8. The minimum atomic E-state index is -3.44. The summed E-state index contributed by atoms with van der Waals surface area (Å²) >= 11 is 0. The lowest BCUT2D eigenvalue weighted by Gasteiger charge is -2.36. The lowest BCUT2D eigenvalue weighted by atomic mass is 10.2. The fraction of sp³-hybridized carbons (Fsp3) is 0.458. The van der Waals surface area contributed by atoms with Gasteiger partial charge < -0.3 is 10.2 Å². The summed E-state index contributed by atoms with van der Waals surface area (Å²) in [6.45, 7) is 6.79. The van der Waals surface area contributed by atoms with Crippen LogP contribution in [0, 0.1) is 0 Å². The van der Waals surface area contributed by atoms with Gasteiger partial charge in [-0.3, -0.25) is 9.69 Å². The smallest absolute Gasteiger partial charge is 0.251 e. The van der Waals surface area contributed by atoms with Gasteiger partial charge >= 0.3 is 0 Å². The Morgan fingerprint density at radius 2 is 1.50 bits per heavy atom. The average Bonchev–Trinajstić information content (AvgIpc) is 3.39. The van der Waals surface area contributed by atoms with Crippen LogP contribution in [-0.4, -0.2) is 75.9 Å². The summed E-state index contributed by atoms with van der Waals surface area (Å²) in [7, 11) is -3.44. The van der Waals surface area contributed by atoms with E-state index < -0.39 is 10.0 Å². The molecule has 0 unspecified atom stereocenters. The third kappa shape index (κ3) is 5.49. The Morgan fingerprint density at radius 3 is 2.16 bits per heavy atom. The van der Waals surface area contributed by atoms with Crippen molar-refractivity contribution in [3.8, 4) is 0 Å². The van der Waals surface area contributed by atoms with Crippen molar-refractivity contribution >= 4 is 21.6 Å². The van der Waals surface area contributed by atoms with Crippen LogP contribution in [0.2, 0.25) is 0 Å². The molecule has 0 atom stereocenters. The van der Waals surface area contributed by atoms with E-state index in [1.165, 1.54) is 22.1 Å². The summed E-state index contributed by atoms with van der Waals surface area (Å²) in [5, 5.41) is 2.95. The molecule has 2 fully saturated rings. The number of hydrogen-bond donors (Lipinski definition) is 1. The molecule has 0 aromatic heterocycles. The minimum absolute atomic E-state index is 0.163. The van der Waals surface area contributed by atoms with Crippen molar-refractivity contribution in [3.63, 3.8) is 0 Å². The van der Waals surface area contributed by atoms with Crippen molar-refractivity contribution in [2.45, 2.75) is 24.2 Å². The third-order valence-electron chi connectivity index (χ3n) is 6.25. The van der Waals surface area contributed by atoms with Gasteiger partial charge in [-0.15, -0.1) is 0 Å². The molecule has 1 N–H and O–H groups in total. The number of carbonyl (C=O) groups excluding carboxylic acids is 1. The van der Waals surface area contributed by atoms with E-state index in [1.807, 2.05) is 6.07 Å². The molecule has 0 bridgehead atoms. The van der Waals surface area contributed by atoms with Gasteiger partial charge in [0.05, 0.1) is 4.90 Å². The maximum absolute atomic E-state index is 12.6. The Morgan fingerprint density at radius 1 is 0.844 bits per heavy atom. The zero-order chi connectivity index (χ0) is 22.4. The average molecular weight is 457 g/mol. The molecule has 7 nitrogen and oxygen atoms in total. The zero-order valence-corrected chi connectivity index (χ0v) is 19.3. The monoisotopic (exact) mass is 456 g/mol. The number of piperazine rings is 1. The number of sulfonamides is 1. The molecule has 2 aromatic carbocycles. The molecular weight excluding hydrogens is 424 g/mol. The van der Waals surface area contributed by atoms with Crippen LogP contribution in [0.4, 0.5) is 5.69 Å². The second kappa shape index (κ2) is 10.5. The fourth-order valence-corrected chi connectivity index (χ4v) is 5.85. The van der Waals surface area contributed by atoms with Crippen LogP contribution in [-0.2, 0) is 10.0 Å². The first-order chi connectivity index (χ1) is 15.5. The van der Waals surface area contributed by atoms with Crippen LogP contribution in [0.1, 0.15) is 29.6 Å². The van der Waals surface area contributed by atoms with Crippen LogP contribution in [0.15, 0.2) is 59.5 Å². The number of nitrogens with one attached hydrogen (secondary N) is 1. The van der Waals surface area contributed by atoms with E-state index in [4.69, 9.17) is 0 Å². The van der Waals surface area contributed by atoms with Crippen LogP contribution in [0.25, 0.3) is 0 Å². The fourth-order valence-electron chi connectivity index (χ4n) is 4.33. The Balaban J connectivity index is 1.18. The van der Waals surface area contributed by atoms with Crippen LogP contribution in [0.3, 0.4) is 0 Å². The molecule has 0 radical (unpaired) electrons. The Hall–Kier alpha value is -2.42. The Kier molecular flexibility index (Phi) is 7.44. The molecule has 2 aliphatic heterocycles. The third-order valence-corrected chi connectivity index (χ3v) is 8.16. The number of rotatable bonds is 8. The van der Waals surface area contributed by atoms with E-state index >= 15 is 0 Å². The highest BCUT2D eigenvalue weighted by molar-refractivity contribution is 7.89. The first-order valence-electron chi connectivity index (χ1n) is 11.4. The number of para-hydroxylation sites is 1. The molecule has 2 aliphatic rings. The van der Waals surface area contributed by atoms with Crippen LogP contribution < -0.4 is 10.2 Å². The molecule has 2 heterocycles. The van der Waals surface area contributed by atoms with Gasteiger partial charge in [-0.1, -0.05) is 18.2 Å². The summed E-state index contributed by atoms with van der Waals surface area (Å²) in [5.41, 5.74) is 1.76. The summed E-state index contributed by atoms with van der Waals surface area (Å²) in [6.07, 6.45) is 2.70. The number of carbonyl (C=O) groups is 1. The van der Waals surface area contributed by atoms with Gasteiger partial charge in [0.2, 0.25) is 10.0 Å². The van der Waals surface area contributed by atoms with Crippen molar-refractivity contribution in [3.05, 3.63) is 60.2 Å². The van der Waals surface area contributed by atoms with Gasteiger partial charge in [-0.25, -0.2) is 8.42 Å². The quantitative estimate of drug-likeness (QED) is 0.618. The Bertz CT molecular complexity index is 982. The predicted molar refractivity (Wildman–Crippen MR) is 126 cm³/mol. The van der Waals surface area contributed by atoms with E-state index in [1.54, 1.807) is 12.1 Å². The molecular formula is C24H32N4O3S. The first-order valence-corrected chi connectivity index (χ1v) is 12.9. The zero-order valence-electron chi connectivity index (χ0n) is 18.4. The van der Waals surface area contributed by atoms with Gasteiger partial charge in [-0.2, -0.15) is 4.31 Å². The van der Waals surface area contributed by atoms with Gasteiger partial charge in [0.25, 0.3) is 5.91 Å². The second-order valence-corrected chi connectivity index (χ2v) is 10.3. The van der Waals surface area contributed by atoms with E-state index in [0.717, 1.165) is 52.0 Å². The summed E-state index contributed by atoms with van der Waals surface area (Å²) in [5.74, 6) is -0.163.